The lowest BCUT2D eigenvalue weighted by Gasteiger charge is -2.23. The minimum absolute atomic E-state index is 0.0688. The van der Waals surface area contributed by atoms with Crippen molar-refractivity contribution in [1.82, 2.24) is 9.78 Å². The molecule has 0 fully saturated rings. The van der Waals surface area contributed by atoms with Crippen LogP contribution in [-0.2, 0) is 6.54 Å². The summed E-state index contributed by atoms with van der Waals surface area (Å²) >= 11 is 7.77. The molecule has 1 aromatic rings. The molecular weight excluding hydrogens is 270 g/mol. The average molecular weight is 288 g/mol. The summed E-state index contributed by atoms with van der Waals surface area (Å²) in [4.78, 5) is 11.8. The Bertz CT molecular complexity index is 485. The van der Waals surface area contributed by atoms with E-state index in [4.69, 9.17) is 11.6 Å². The van der Waals surface area contributed by atoms with Crippen molar-refractivity contribution in [1.29, 1.82) is 0 Å². The molecule has 1 rings (SSSR count). The maximum atomic E-state index is 11.8. The highest BCUT2D eigenvalue weighted by Crippen LogP contribution is 2.23. The zero-order chi connectivity index (χ0) is 13.8. The van der Waals surface area contributed by atoms with E-state index in [2.05, 4.69) is 30.8 Å². The molecule has 4 nitrogen and oxygen atoms in total. The first-order chi connectivity index (χ1) is 8.41. The van der Waals surface area contributed by atoms with Gasteiger partial charge in [-0.05, 0) is 20.1 Å². The van der Waals surface area contributed by atoms with Crippen LogP contribution in [0.1, 0.15) is 13.8 Å². The molecule has 100 valence electrons. The summed E-state index contributed by atoms with van der Waals surface area (Å²) < 4.78 is 1.35. The molecule has 0 aliphatic carbocycles. The van der Waals surface area contributed by atoms with Gasteiger partial charge in [-0.25, -0.2) is 4.68 Å². The largest absolute Gasteiger partial charge is 0.381 e. The number of halogens is 1. The number of aromatic nitrogens is 2. The molecule has 0 spiro atoms. The van der Waals surface area contributed by atoms with Gasteiger partial charge in [-0.15, -0.1) is 6.58 Å². The van der Waals surface area contributed by atoms with Gasteiger partial charge in [0.15, 0.2) is 0 Å². The summed E-state index contributed by atoms with van der Waals surface area (Å²) in [6.07, 6.45) is 5.22. The van der Waals surface area contributed by atoms with Crippen molar-refractivity contribution in [2.75, 3.05) is 18.1 Å². The van der Waals surface area contributed by atoms with Crippen molar-refractivity contribution in [3.05, 3.63) is 34.2 Å². The van der Waals surface area contributed by atoms with Gasteiger partial charge < -0.3 is 5.32 Å². The topological polar surface area (TPSA) is 46.9 Å². The van der Waals surface area contributed by atoms with Gasteiger partial charge in [-0.1, -0.05) is 17.7 Å². The van der Waals surface area contributed by atoms with Gasteiger partial charge in [0.05, 0.1) is 18.4 Å². The van der Waals surface area contributed by atoms with Crippen molar-refractivity contribution in [3.63, 3.8) is 0 Å². The Hall–Kier alpha value is -0.940. The molecule has 0 amide bonds. The normalized spacial score (nSPS) is 11.3. The van der Waals surface area contributed by atoms with Crippen LogP contribution in [0.2, 0.25) is 5.02 Å². The number of nitrogens with zero attached hydrogens (tertiary/aromatic N) is 2. The SMILES string of the molecule is C=CCn1ncc(NCC(C)(C)SC)c(Cl)c1=O. The van der Waals surface area contributed by atoms with Gasteiger partial charge >= 0.3 is 0 Å². The van der Waals surface area contributed by atoms with Crippen LogP contribution in [0.15, 0.2) is 23.6 Å². The predicted molar refractivity (Wildman–Crippen MR) is 79.8 cm³/mol. The summed E-state index contributed by atoms with van der Waals surface area (Å²) in [5.74, 6) is 0. The molecular formula is C12H18ClN3OS. The number of hydrogen-bond acceptors (Lipinski definition) is 4. The number of hydrogen-bond donors (Lipinski definition) is 1. The van der Waals surface area contributed by atoms with Crippen LogP contribution in [0.25, 0.3) is 0 Å². The molecule has 1 heterocycles. The maximum absolute atomic E-state index is 11.8. The number of anilines is 1. The second-order valence-corrected chi connectivity index (χ2v) is 6.36. The van der Waals surface area contributed by atoms with E-state index < -0.39 is 0 Å². The minimum Gasteiger partial charge on any atom is -0.381 e. The van der Waals surface area contributed by atoms with Crippen LogP contribution in [0.4, 0.5) is 5.69 Å². The predicted octanol–water partition coefficient (Wildman–Crippen LogP) is 2.64. The molecule has 0 bridgehead atoms. The van der Waals surface area contributed by atoms with E-state index >= 15 is 0 Å². The minimum atomic E-state index is -0.302. The summed E-state index contributed by atoms with van der Waals surface area (Å²) in [7, 11) is 0. The van der Waals surface area contributed by atoms with Gasteiger partial charge in [-0.2, -0.15) is 16.9 Å². The van der Waals surface area contributed by atoms with Crippen molar-refractivity contribution in [3.8, 4) is 0 Å². The first-order valence-corrected chi connectivity index (χ1v) is 7.17. The number of nitrogens with one attached hydrogen (secondary N) is 1. The molecule has 6 heteroatoms. The fraction of sp³-hybridized carbons (Fsp3) is 0.500. The second-order valence-electron chi connectivity index (χ2n) is 4.47. The quantitative estimate of drug-likeness (QED) is 0.817. The van der Waals surface area contributed by atoms with Crippen molar-refractivity contribution < 1.29 is 0 Å². The van der Waals surface area contributed by atoms with Gasteiger partial charge in [0.25, 0.3) is 5.56 Å². The molecule has 0 saturated carbocycles. The van der Waals surface area contributed by atoms with Crippen LogP contribution >= 0.6 is 23.4 Å². The zero-order valence-corrected chi connectivity index (χ0v) is 12.4. The summed E-state index contributed by atoms with van der Waals surface area (Å²) in [5, 5.41) is 7.36. The van der Waals surface area contributed by atoms with Crippen LogP contribution in [0.5, 0.6) is 0 Å². The lowest BCUT2D eigenvalue weighted by Crippen LogP contribution is -2.28. The van der Waals surface area contributed by atoms with E-state index in [-0.39, 0.29) is 15.3 Å². The molecule has 0 aliphatic rings. The van der Waals surface area contributed by atoms with Crippen molar-refractivity contribution >= 4 is 29.1 Å². The lowest BCUT2D eigenvalue weighted by atomic mass is 10.2. The first-order valence-electron chi connectivity index (χ1n) is 5.57. The van der Waals surface area contributed by atoms with E-state index in [0.29, 0.717) is 18.8 Å². The highest BCUT2D eigenvalue weighted by atomic mass is 35.5. The number of thioether (sulfide) groups is 1. The monoisotopic (exact) mass is 287 g/mol. The van der Waals surface area contributed by atoms with E-state index in [1.54, 1.807) is 24.0 Å². The number of rotatable bonds is 6. The summed E-state index contributed by atoms with van der Waals surface area (Å²) in [5.41, 5.74) is 0.271. The third-order valence-corrected chi connectivity index (χ3v) is 4.16. The molecule has 0 aliphatic heterocycles. The maximum Gasteiger partial charge on any atom is 0.287 e. The Kier molecular flexibility index (Phi) is 5.28. The lowest BCUT2D eigenvalue weighted by molar-refractivity contribution is 0.652. The Morgan fingerprint density at radius 1 is 1.67 bits per heavy atom. The molecule has 0 radical (unpaired) electrons. The highest BCUT2D eigenvalue weighted by molar-refractivity contribution is 7.99. The fourth-order valence-corrected chi connectivity index (χ4v) is 1.65. The van der Waals surface area contributed by atoms with Gasteiger partial charge in [0.1, 0.15) is 5.02 Å². The molecule has 0 aromatic carbocycles. The molecule has 1 N–H and O–H groups in total. The highest BCUT2D eigenvalue weighted by Gasteiger charge is 2.17. The van der Waals surface area contributed by atoms with E-state index in [1.807, 2.05) is 6.26 Å². The Labute approximate surface area is 116 Å². The summed E-state index contributed by atoms with van der Waals surface area (Å²) in [6.45, 7) is 8.86. The van der Waals surface area contributed by atoms with E-state index in [0.717, 1.165) is 0 Å². The number of allylic oxidation sites excluding steroid dienone is 1. The van der Waals surface area contributed by atoms with Crippen molar-refractivity contribution in [2.45, 2.75) is 25.1 Å². The zero-order valence-electron chi connectivity index (χ0n) is 10.9. The van der Waals surface area contributed by atoms with E-state index in [9.17, 15) is 4.79 Å². The Morgan fingerprint density at radius 3 is 2.89 bits per heavy atom. The third-order valence-electron chi connectivity index (χ3n) is 2.54. The average Bonchev–Trinajstić information content (AvgIpc) is 2.34. The van der Waals surface area contributed by atoms with Crippen LogP contribution in [0.3, 0.4) is 0 Å². The Morgan fingerprint density at radius 2 is 2.33 bits per heavy atom. The van der Waals surface area contributed by atoms with Crippen LogP contribution in [0, 0.1) is 0 Å². The molecule has 18 heavy (non-hydrogen) atoms. The van der Waals surface area contributed by atoms with Gasteiger partial charge in [-0.3, -0.25) is 4.79 Å². The Balaban J connectivity index is 2.89. The standard InChI is InChI=1S/C12H18ClN3OS/c1-5-6-16-11(17)10(13)9(7-15-16)14-8-12(2,3)18-4/h5,7,14H,1,6,8H2,2-4H3. The molecule has 1 aromatic heterocycles. The smallest absolute Gasteiger partial charge is 0.287 e. The van der Waals surface area contributed by atoms with E-state index in [1.165, 1.54) is 4.68 Å². The second kappa shape index (κ2) is 6.29. The van der Waals surface area contributed by atoms with Crippen LogP contribution in [-0.4, -0.2) is 27.3 Å². The fourth-order valence-electron chi connectivity index (χ4n) is 1.22. The summed E-state index contributed by atoms with van der Waals surface area (Å²) in [6, 6.07) is 0. The van der Waals surface area contributed by atoms with Gasteiger partial charge in [0.2, 0.25) is 0 Å². The van der Waals surface area contributed by atoms with Crippen LogP contribution < -0.4 is 10.9 Å². The van der Waals surface area contributed by atoms with Crippen molar-refractivity contribution in [2.24, 2.45) is 0 Å². The first kappa shape index (κ1) is 15.1. The molecule has 0 unspecified atom stereocenters. The van der Waals surface area contributed by atoms with Gasteiger partial charge in [0, 0.05) is 11.3 Å². The molecule has 0 saturated heterocycles. The third kappa shape index (κ3) is 3.78. The molecule has 0 atom stereocenters.